The molecule has 0 bridgehead atoms. The van der Waals surface area contributed by atoms with Gasteiger partial charge in [0.25, 0.3) is 0 Å². The smallest absolute Gasteiger partial charge is 0.211 e. The monoisotopic (exact) mass is 207 g/mol. The summed E-state index contributed by atoms with van der Waals surface area (Å²) in [6, 6.07) is 0. The Balaban J connectivity index is 4.97. The van der Waals surface area contributed by atoms with Crippen LogP contribution in [0.3, 0.4) is 0 Å². The SMILES string of the molecule is C=C(NC=O)C(/C=C(/C)N)=C\N=C(C)C. The first-order valence-corrected chi connectivity index (χ1v) is 4.51. The lowest BCUT2D eigenvalue weighted by atomic mass is 10.2. The number of hydrogen-bond donors (Lipinski definition) is 2. The van der Waals surface area contributed by atoms with Crippen molar-refractivity contribution in [3.63, 3.8) is 0 Å². The van der Waals surface area contributed by atoms with Gasteiger partial charge in [-0.3, -0.25) is 9.79 Å². The van der Waals surface area contributed by atoms with Crippen LogP contribution < -0.4 is 11.1 Å². The van der Waals surface area contributed by atoms with Crippen LogP contribution in [-0.4, -0.2) is 12.1 Å². The molecular weight excluding hydrogens is 190 g/mol. The first-order valence-electron chi connectivity index (χ1n) is 4.51. The van der Waals surface area contributed by atoms with Crippen LogP contribution in [0, 0.1) is 0 Å². The number of rotatable bonds is 5. The number of amides is 1. The van der Waals surface area contributed by atoms with Gasteiger partial charge in [-0.25, -0.2) is 0 Å². The molecule has 3 N–H and O–H groups in total. The molecule has 0 spiro atoms. The molecule has 0 heterocycles. The van der Waals surface area contributed by atoms with E-state index in [9.17, 15) is 4.79 Å². The van der Waals surface area contributed by atoms with Crippen molar-refractivity contribution in [2.45, 2.75) is 20.8 Å². The molecule has 4 nitrogen and oxygen atoms in total. The van der Waals surface area contributed by atoms with Crippen LogP contribution in [0.2, 0.25) is 0 Å². The Labute approximate surface area is 90.3 Å². The number of carbonyl (C=O) groups is 1. The average Bonchev–Trinajstić information content (AvgIpc) is 2.11. The fraction of sp³-hybridized carbons (Fsp3) is 0.273. The molecule has 0 aromatic rings. The average molecular weight is 207 g/mol. The molecule has 0 radical (unpaired) electrons. The topological polar surface area (TPSA) is 67.5 Å². The molecule has 0 unspecified atom stereocenters. The summed E-state index contributed by atoms with van der Waals surface area (Å²) in [4.78, 5) is 14.4. The lowest BCUT2D eigenvalue weighted by molar-refractivity contribution is -0.108. The summed E-state index contributed by atoms with van der Waals surface area (Å²) in [5, 5.41) is 2.46. The molecule has 0 aliphatic rings. The highest BCUT2D eigenvalue weighted by Gasteiger charge is 1.98. The summed E-state index contributed by atoms with van der Waals surface area (Å²) in [5.41, 5.74) is 8.24. The standard InChI is InChI=1S/C11H17N3O/c1-8(2)13-6-11(5-9(3)12)10(4)14-7-15/h5-7H,4,12H2,1-3H3,(H,14,15)/b9-5-,11-6-. The molecular formula is C11H17N3O. The fourth-order valence-corrected chi connectivity index (χ4v) is 0.801. The van der Waals surface area contributed by atoms with Gasteiger partial charge in [0.1, 0.15) is 0 Å². The Morgan fingerprint density at radius 2 is 2.00 bits per heavy atom. The Morgan fingerprint density at radius 3 is 2.40 bits per heavy atom. The summed E-state index contributed by atoms with van der Waals surface area (Å²) in [7, 11) is 0. The largest absolute Gasteiger partial charge is 0.402 e. The van der Waals surface area contributed by atoms with E-state index in [4.69, 9.17) is 5.73 Å². The molecule has 15 heavy (non-hydrogen) atoms. The van der Waals surface area contributed by atoms with Crippen molar-refractivity contribution in [1.82, 2.24) is 5.32 Å². The number of carbonyl (C=O) groups excluding carboxylic acids is 1. The molecule has 4 heteroatoms. The molecule has 82 valence electrons. The van der Waals surface area contributed by atoms with Crippen molar-refractivity contribution >= 4 is 12.1 Å². The molecule has 0 saturated heterocycles. The van der Waals surface area contributed by atoms with Gasteiger partial charge in [0, 0.05) is 28.9 Å². The van der Waals surface area contributed by atoms with Crippen LogP contribution in [0.5, 0.6) is 0 Å². The lowest BCUT2D eigenvalue weighted by Crippen LogP contribution is -2.11. The van der Waals surface area contributed by atoms with Crippen molar-refractivity contribution in [2.24, 2.45) is 10.7 Å². The Hall–Kier alpha value is -1.84. The summed E-state index contributed by atoms with van der Waals surface area (Å²) in [6.45, 7) is 9.21. The van der Waals surface area contributed by atoms with Crippen molar-refractivity contribution < 1.29 is 4.79 Å². The van der Waals surface area contributed by atoms with E-state index < -0.39 is 0 Å². The molecule has 0 aliphatic heterocycles. The highest BCUT2D eigenvalue weighted by Crippen LogP contribution is 2.07. The van der Waals surface area contributed by atoms with Gasteiger partial charge >= 0.3 is 0 Å². The zero-order valence-electron chi connectivity index (χ0n) is 9.37. The van der Waals surface area contributed by atoms with Gasteiger partial charge in [0.05, 0.1) is 0 Å². The van der Waals surface area contributed by atoms with Crippen LogP contribution in [0.4, 0.5) is 0 Å². The first-order chi connectivity index (χ1) is 6.97. The predicted octanol–water partition coefficient (Wildman–Crippen LogP) is 1.47. The van der Waals surface area contributed by atoms with Crippen molar-refractivity contribution in [3.8, 4) is 0 Å². The normalized spacial score (nSPS) is 11.9. The summed E-state index contributed by atoms with van der Waals surface area (Å²) < 4.78 is 0. The van der Waals surface area contributed by atoms with Crippen LogP contribution >= 0.6 is 0 Å². The Kier molecular flexibility index (Phi) is 5.78. The maximum Gasteiger partial charge on any atom is 0.211 e. The van der Waals surface area contributed by atoms with Gasteiger partial charge in [-0.1, -0.05) is 6.58 Å². The molecule has 0 aliphatic carbocycles. The predicted molar refractivity (Wildman–Crippen MR) is 63.2 cm³/mol. The Morgan fingerprint density at radius 1 is 1.40 bits per heavy atom. The number of hydrogen-bond acceptors (Lipinski definition) is 3. The van der Waals surface area contributed by atoms with E-state index in [1.807, 2.05) is 13.8 Å². The summed E-state index contributed by atoms with van der Waals surface area (Å²) >= 11 is 0. The van der Waals surface area contributed by atoms with Gasteiger partial charge in [-0.15, -0.1) is 0 Å². The molecule has 1 amide bonds. The van der Waals surface area contributed by atoms with Crippen LogP contribution in [0.25, 0.3) is 0 Å². The molecule has 0 atom stereocenters. The van der Waals surface area contributed by atoms with Gasteiger partial charge < -0.3 is 11.1 Å². The van der Waals surface area contributed by atoms with Crippen molar-refractivity contribution in [2.75, 3.05) is 0 Å². The number of allylic oxidation sites excluding steroid dienone is 2. The summed E-state index contributed by atoms with van der Waals surface area (Å²) in [5.74, 6) is 0. The van der Waals surface area contributed by atoms with E-state index >= 15 is 0 Å². The molecule has 0 fully saturated rings. The third-order valence-electron chi connectivity index (χ3n) is 1.43. The van der Waals surface area contributed by atoms with Gasteiger partial charge in [-0.05, 0) is 26.8 Å². The van der Waals surface area contributed by atoms with Gasteiger partial charge in [-0.2, -0.15) is 0 Å². The quantitative estimate of drug-likeness (QED) is 0.407. The zero-order chi connectivity index (χ0) is 11.8. The van der Waals surface area contributed by atoms with E-state index in [1.165, 1.54) is 0 Å². The minimum absolute atomic E-state index is 0.472. The van der Waals surface area contributed by atoms with E-state index in [2.05, 4.69) is 16.9 Å². The van der Waals surface area contributed by atoms with Gasteiger partial charge in [0.2, 0.25) is 6.41 Å². The minimum atomic E-state index is 0.472. The maximum atomic E-state index is 10.3. The molecule has 0 aromatic carbocycles. The number of nitrogens with zero attached hydrogens (tertiary/aromatic N) is 1. The minimum Gasteiger partial charge on any atom is -0.402 e. The molecule has 0 aromatic heterocycles. The summed E-state index contributed by atoms with van der Waals surface area (Å²) in [6.07, 6.45) is 3.88. The number of aliphatic imine (C=N–C) groups is 1. The third kappa shape index (κ3) is 6.26. The Bertz CT molecular complexity index is 330. The van der Waals surface area contributed by atoms with Crippen molar-refractivity contribution in [3.05, 3.63) is 35.8 Å². The highest BCUT2D eigenvalue weighted by molar-refractivity contribution is 5.79. The van der Waals surface area contributed by atoms with E-state index in [0.29, 0.717) is 23.4 Å². The second-order valence-corrected chi connectivity index (χ2v) is 3.29. The van der Waals surface area contributed by atoms with E-state index in [1.54, 1.807) is 19.2 Å². The third-order valence-corrected chi connectivity index (χ3v) is 1.43. The fourth-order valence-electron chi connectivity index (χ4n) is 0.801. The maximum absolute atomic E-state index is 10.3. The molecule has 0 rings (SSSR count). The van der Waals surface area contributed by atoms with E-state index in [-0.39, 0.29) is 0 Å². The zero-order valence-corrected chi connectivity index (χ0v) is 9.37. The van der Waals surface area contributed by atoms with Gasteiger partial charge in [0.15, 0.2) is 0 Å². The lowest BCUT2D eigenvalue weighted by Gasteiger charge is -2.04. The van der Waals surface area contributed by atoms with Crippen LogP contribution in [-0.2, 0) is 4.79 Å². The van der Waals surface area contributed by atoms with E-state index in [0.717, 1.165) is 5.71 Å². The van der Waals surface area contributed by atoms with Crippen LogP contribution in [0.1, 0.15) is 20.8 Å². The second kappa shape index (κ2) is 6.59. The van der Waals surface area contributed by atoms with Crippen molar-refractivity contribution in [1.29, 1.82) is 0 Å². The number of nitrogens with two attached hydrogens (primary N) is 1. The molecule has 0 saturated carbocycles. The highest BCUT2D eigenvalue weighted by atomic mass is 16.1. The first kappa shape index (κ1) is 13.2. The number of nitrogens with one attached hydrogen (secondary N) is 1. The van der Waals surface area contributed by atoms with Crippen LogP contribution in [0.15, 0.2) is 40.8 Å². The second-order valence-electron chi connectivity index (χ2n) is 3.29.